The van der Waals surface area contributed by atoms with Crippen LogP contribution in [-0.4, -0.2) is 30.6 Å². The molecule has 9 heteroatoms. The molecule has 0 aromatic carbocycles. The van der Waals surface area contributed by atoms with Crippen molar-refractivity contribution in [3.63, 3.8) is 0 Å². The van der Waals surface area contributed by atoms with Gasteiger partial charge >= 0.3 is 0 Å². The number of hydrogen-bond donors (Lipinski definition) is 1. The van der Waals surface area contributed by atoms with E-state index < -0.39 is 0 Å². The number of aryl methyl sites for hydroxylation is 1. The lowest BCUT2D eigenvalue weighted by atomic mass is 10.3. The molecule has 0 saturated heterocycles. The predicted molar refractivity (Wildman–Crippen MR) is 83.8 cm³/mol. The van der Waals surface area contributed by atoms with Crippen molar-refractivity contribution in [2.75, 3.05) is 0 Å². The third kappa shape index (κ3) is 3.46. The van der Waals surface area contributed by atoms with E-state index in [9.17, 15) is 9.59 Å². The second-order valence-corrected chi connectivity index (χ2v) is 5.46. The lowest BCUT2D eigenvalue weighted by Crippen LogP contribution is -2.28. The quantitative estimate of drug-likeness (QED) is 0.753. The van der Waals surface area contributed by atoms with E-state index >= 15 is 0 Å². The third-order valence-corrected chi connectivity index (χ3v) is 3.87. The van der Waals surface area contributed by atoms with Crippen LogP contribution >= 0.6 is 11.3 Å². The summed E-state index contributed by atoms with van der Waals surface area (Å²) in [6.07, 6.45) is 4.83. The first-order valence-electron chi connectivity index (χ1n) is 6.67. The summed E-state index contributed by atoms with van der Waals surface area (Å²) in [6.45, 7) is 0.264. The van der Waals surface area contributed by atoms with Crippen molar-refractivity contribution >= 4 is 17.2 Å². The summed E-state index contributed by atoms with van der Waals surface area (Å²) in [4.78, 5) is 35.9. The maximum absolute atomic E-state index is 12.0. The molecular weight excluding hydrogens is 316 g/mol. The first kappa shape index (κ1) is 15.0. The van der Waals surface area contributed by atoms with Crippen molar-refractivity contribution in [3.8, 4) is 10.7 Å². The maximum atomic E-state index is 12.0. The monoisotopic (exact) mass is 328 g/mol. The van der Waals surface area contributed by atoms with Gasteiger partial charge in [-0.25, -0.2) is 9.67 Å². The Balaban J connectivity index is 1.66. The zero-order valence-corrected chi connectivity index (χ0v) is 12.9. The van der Waals surface area contributed by atoms with Gasteiger partial charge in [-0.1, -0.05) is 0 Å². The van der Waals surface area contributed by atoms with Crippen molar-refractivity contribution < 1.29 is 4.79 Å². The van der Waals surface area contributed by atoms with Crippen LogP contribution in [-0.2, 0) is 13.6 Å². The minimum atomic E-state index is -0.366. The lowest BCUT2D eigenvalue weighted by molar-refractivity contribution is 0.0943. The Morgan fingerprint density at radius 3 is 2.96 bits per heavy atom. The van der Waals surface area contributed by atoms with E-state index in [1.807, 2.05) is 5.38 Å². The molecular formula is C14H12N6O2S. The van der Waals surface area contributed by atoms with Gasteiger partial charge in [-0.15, -0.1) is 11.3 Å². The molecule has 1 N–H and O–H groups in total. The van der Waals surface area contributed by atoms with Crippen LogP contribution in [0.4, 0.5) is 0 Å². The molecule has 3 rings (SSSR count). The van der Waals surface area contributed by atoms with E-state index in [1.54, 1.807) is 18.6 Å². The van der Waals surface area contributed by atoms with Crippen molar-refractivity contribution in [2.24, 2.45) is 7.05 Å². The Morgan fingerprint density at radius 2 is 2.22 bits per heavy atom. The average Bonchev–Trinajstić information content (AvgIpc) is 3.05. The number of rotatable bonds is 4. The predicted octanol–water partition coefficient (Wildman–Crippen LogP) is 0.624. The van der Waals surface area contributed by atoms with Crippen LogP contribution in [0.5, 0.6) is 0 Å². The molecule has 0 aliphatic rings. The van der Waals surface area contributed by atoms with Gasteiger partial charge in [-0.05, 0) is 6.07 Å². The van der Waals surface area contributed by atoms with Gasteiger partial charge in [0.25, 0.3) is 11.5 Å². The van der Waals surface area contributed by atoms with Gasteiger partial charge in [0.05, 0.1) is 18.4 Å². The van der Waals surface area contributed by atoms with Gasteiger partial charge in [0.15, 0.2) is 0 Å². The normalized spacial score (nSPS) is 10.5. The number of nitrogens with zero attached hydrogens (tertiary/aromatic N) is 5. The smallest absolute Gasteiger partial charge is 0.272 e. The average molecular weight is 328 g/mol. The number of aromatic nitrogens is 5. The molecule has 0 saturated carbocycles. The molecule has 8 nitrogen and oxygen atoms in total. The molecule has 0 bridgehead atoms. The summed E-state index contributed by atoms with van der Waals surface area (Å²) in [5.41, 5.74) is 1.31. The van der Waals surface area contributed by atoms with E-state index in [1.165, 1.54) is 30.5 Å². The number of nitrogens with one attached hydrogen (secondary N) is 1. The molecule has 0 fully saturated rings. The van der Waals surface area contributed by atoms with E-state index in [0.29, 0.717) is 11.4 Å². The molecule has 0 aliphatic heterocycles. The summed E-state index contributed by atoms with van der Waals surface area (Å²) >= 11 is 1.43. The van der Waals surface area contributed by atoms with Gasteiger partial charge in [0.1, 0.15) is 16.4 Å². The van der Waals surface area contributed by atoms with Crippen LogP contribution < -0.4 is 10.9 Å². The van der Waals surface area contributed by atoms with Crippen LogP contribution in [0.25, 0.3) is 10.7 Å². The molecule has 3 aromatic heterocycles. The minimum Gasteiger partial charge on any atom is -0.345 e. The summed E-state index contributed by atoms with van der Waals surface area (Å²) in [7, 11) is 1.49. The zero-order chi connectivity index (χ0) is 16.2. The van der Waals surface area contributed by atoms with Gasteiger partial charge in [-0.2, -0.15) is 5.10 Å². The second-order valence-electron chi connectivity index (χ2n) is 4.60. The molecule has 23 heavy (non-hydrogen) atoms. The van der Waals surface area contributed by atoms with E-state index in [4.69, 9.17) is 0 Å². The van der Waals surface area contributed by atoms with E-state index in [-0.39, 0.29) is 23.7 Å². The summed E-state index contributed by atoms with van der Waals surface area (Å²) < 4.78 is 1.12. The highest BCUT2D eigenvalue weighted by Crippen LogP contribution is 2.20. The fourth-order valence-corrected chi connectivity index (χ4v) is 2.58. The Labute approximate surface area is 134 Å². The molecule has 0 radical (unpaired) electrons. The Kier molecular flexibility index (Phi) is 4.20. The molecule has 116 valence electrons. The molecule has 0 aliphatic carbocycles. The van der Waals surface area contributed by atoms with E-state index in [0.717, 1.165) is 9.69 Å². The summed E-state index contributed by atoms with van der Waals surface area (Å²) in [6, 6.07) is 2.70. The van der Waals surface area contributed by atoms with Crippen molar-refractivity contribution in [1.29, 1.82) is 0 Å². The Bertz CT molecular complexity index is 890. The summed E-state index contributed by atoms with van der Waals surface area (Å²) in [5.74, 6) is -0.366. The number of hydrogen-bond acceptors (Lipinski definition) is 7. The van der Waals surface area contributed by atoms with Crippen LogP contribution in [0.15, 0.2) is 40.9 Å². The maximum Gasteiger partial charge on any atom is 0.272 e. The molecule has 3 aromatic rings. The van der Waals surface area contributed by atoms with Crippen molar-refractivity contribution in [2.45, 2.75) is 6.54 Å². The SMILES string of the molecule is Cn1nc(C(=O)NCc2csc(-c3cnccn3)n2)ccc1=O. The topological polar surface area (TPSA) is 103 Å². The number of thiazole rings is 1. The first-order valence-corrected chi connectivity index (χ1v) is 7.55. The fraction of sp³-hybridized carbons (Fsp3) is 0.143. The number of carbonyl (C=O) groups is 1. The molecule has 3 heterocycles. The third-order valence-electron chi connectivity index (χ3n) is 2.96. The fourth-order valence-electron chi connectivity index (χ4n) is 1.80. The largest absolute Gasteiger partial charge is 0.345 e. The van der Waals surface area contributed by atoms with Crippen molar-refractivity contribution in [3.05, 3.63) is 57.8 Å². The molecule has 0 spiro atoms. The van der Waals surface area contributed by atoms with Gasteiger partial charge < -0.3 is 5.32 Å². The highest BCUT2D eigenvalue weighted by atomic mass is 32.1. The van der Waals surface area contributed by atoms with Crippen LogP contribution in [0.2, 0.25) is 0 Å². The summed E-state index contributed by atoms with van der Waals surface area (Å²) in [5, 5.41) is 9.20. The first-order chi connectivity index (χ1) is 11.1. The van der Waals surface area contributed by atoms with Crippen molar-refractivity contribution in [1.82, 2.24) is 30.0 Å². The number of amides is 1. The van der Waals surface area contributed by atoms with Crippen LogP contribution in [0.1, 0.15) is 16.2 Å². The standard InChI is InChI=1S/C14H12N6O2S/c1-20-12(21)3-2-10(19-20)13(22)17-6-9-8-23-14(18-9)11-7-15-4-5-16-11/h2-5,7-8H,6H2,1H3,(H,17,22). The Morgan fingerprint density at radius 1 is 1.35 bits per heavy atom. The minimum absolute atomic E-state index is 0.177. The van der Waals surface area contributed by atoms with E-state index in [2.05, 4.69) is 25.4 Å². The van der Waals surface area contributed by atoms with Crippen LogP contribution in [0.3, 0.4) is 0 Å². The highest BCUT2D eigenvalue weighted by molar-refractivity contribution is 7.13. The Hall–Kier alpha value is -2.94. The van der Waals surface area contributed by atoms with Crippen LogP contribution in [0, 0.1) is 0 Å². The molecule has 1 amide bonds. The lowest BCUT2D eigenvalue weighted by Gasteiger charge is -2.03. The second kappa shape index (κ2) is 6.44. The van der Waals surface area contributed by atoms with Gasteiger partial charge in [-0.3, -0.25) is 19.6 Å². The zero-order valence-electron chi connectivity index (χ0n) is 12.1. The van der Waals surface area contributed by atoms with Gasteiger partial charge in [0, 0.05) is 30.9 Å². The van der Waals surface area contributed by atoms with Gasteiger partial charge in [0.2, 0.25) is 0 Å². The molecule has 0 atom stereocenters. The number of carbonyl (C=O) groups excluding carboxylic acids is 1. The highest BCUT2D eigenvalue weighted by Gasteiger charge is 2.10. The molecule has 0 unspecified atom stereocenters.